The first-order valence-corrected chi connectivity index (χ1v) is 11.7. The van der Waals surface area contributed by atoms with E-state index in [1.807, 2.05) is 6.20 Å². The number of hydrogen-bond donors (Lipinski definition) is 2. The minimum atomic E-state index is -0.633. The summed E-state index contributed by atoms with van der Waals surface area (Å²) < 4.78 is 13.9. The highest BCUT2D eigenvalue weighted by atomic mass is 35.5. The molecule has 2 fully saturated rings. The molecule has 7 nitrogen and oxygen atoms in total. The average Bonchev–Trinajstić information content (AvgIpc) is 3.25. The topological polar surface area (TPSA) is 81.5 Å². The van der Waals surface area contributed by atoms with Gasteiger partial charge in [0.1, 0.15) is 11.5 Å². The van der Waals surface area contributed by atoms with Crippen molar-refractivity contribution in [2.75, 3.05) is 56.9 Å². The van der Waals surface area contributed by atoms with Crippen LogP contribution in [0.4, 0.5) is 15.8 Å². The van der Waals surface area contributed by atoms with Crippen molar-refractivity contribution in [3.05, 3.63) is 52.6 Å². The van der Waals surface area contributed by atoms with E-state index in [0.29, 0.717) is 19.0 Å². The van der Waals surface area contributed by atoms with Gasteiger partial charge in [-0.25, -0.2) is 9.37 Å². The van der Waals surface area contributed by atoms with Crippen molar-refractivity contribution in [3.63, 3.8) is 0 Å². The molecule has 3 N–H and O–H groups in total. The number of nitrogen functional groups attached to an aromatic ring is 1. The zero-order valence-electron chi connectivity index (χ0n) is 18.7. The molecule has 0 radical (unpaired) electrons. The second-order valence-electron chi connectivity index (χ2n) is 9.04. The summed E-state index contributed by atoms with van der Waals surface area (Å²) in [7, 11) is 2.15. The van der Waals surface area contributed by atoms with Gasteiger partial charge in [-0.15, -0.1) is 0 Å². The third-order valence-electron chi connectivity index (χ3n) is 6.96. The molecule has 3 aromatic rings. The van der Waals surface area contributed by atoms with Crippen LogP contribution in [0, 0.1) is 5.82 Å². The Morgan fingerprint density at radius 3 is 2.61 bits per heavy atom. The fraction of sp³-hybridized carbons (Fsp3) is 0.417. The number of aromatic amines is 1. The Kier molecular flexibility index (Phi) is 5.88. The van der Waals surface area contributed by atoms with Crippen molar-refractivity contribution in [2.24, 2.45) is 0 Å². The largest absolute Gasteiger partial charge is 0.398 e. The zero-order valence-corrected chi connectivity index (χ0v) is 19.4. The molecule has 33 heavy (non-hydrogen) atoms. The number of nitrogens with zero attached hydrogens (tertiary/aromatic N) is 4. The Morgan fingerprint density at radius 1 is 1.15 bits per heavy atom. The Bertz CT molecular complexity index is 1180. The summed E-state index contributed by atoms with van der Waals surface area (Å²) in [6, 6.07) is 4.68. The average molecular weight is 471 g/mol. The lowest BCUT2D eigenvalue weighted by molar-refractivity contribution is 0.0714. The van der Waals surface area contributed by atoms with Crippen molar-refractivity contribution in [1.29, 1.82) is 0 Å². The Morgan fingerprint density at radius 2 is 1.88 bits per heavy atom. The third kappa shape index (κ3) is 4.25. The number of aromatic nitrogens is 2. The summed E-state index contributed by atoms with van der Waals surface area (Å²) >= 11 is 5.77. The van der Waals surface area contributed by atoms with Crippen LogP contribution in [0.25, 0.3) is 11.0 Å². The first-order chi connectivity index (χ1) is 15.9. The summed E-state index contributed by atoms with van der Waals surface area (Å²) in [5.74, 6) is -0.558. The summed E-state index contributed by atoms with van der Waals surface area (Å²) in [4.78, 5) is 27.4. The molecule has 0 aliphatic carbocycles. The van der Waals surface area contributed by atoms with Gasteiger partial charge in [-0.2, -0.15) is 0 Å². The number of likely N-dealkylation sites (N-methyl/N-ethyl adjacent to an activating group) is 1. The summed E-state index contributed by atoms with van der Waals surface area (Å²) in [6.45, 7) is 5.27. The van der Waals surface area contributed by atoms with Gasteiger partial charge in [-0.05, 0) is 49.6 Å². The van der Waals surface area contributed by atoms with Crippen LogP contribution in [0.1, 0.15) is 34.7 Å². The number of carbonyl (C=O) groups excluding carboxylic acids is 1. The van der Waals surface area contributed by atoms with Crippen molar-refractivity contribution in [1.82, 2.24) is 19.8 Å². The Balaban J connectivity index is 1.31. The van der Waals surface area contributed by atoms with Crippen LogP contribution in [-0.4, -0.2) is 72.0 Å². The molecule has 2 aliphatic heterocycles. The number of pyridine rings is 1. The van der Waals surface area contributed by atoms with E-state index in [9.17, 15) is 9.18 Å². The molecule has 0 unspecified atom stereocenters. The first kappa shape index (κ1) is 22.0. The molecule has 174 valence electrons. The Labute approximate surface area is 197 Å². The first-order valence-electron chi connectivity index (χ1n) is 11.3. The Hall–Kier alpha value is -2.84. The molecule has 0 spiro atoms. The summed E-state index contributed by atoms with van der Waals surface area (Å²) in [5.41, 5.74) is 9.60. The molecule has 0 atom stereocenters. The number of benzene rings is 1. The smallest absolute Gasteiger partial charge is 0.256 e. The minimum absolute atomic E-state index is 0.0772. The van der Waals surface area contributed by atoms with Crippen LogP contribution in [-0.2, 0) is 0 Å². The molecular formula is C24H28ClFN6O. The molecule has 0 saturated carbocycles. The number of nitrogens with two attached hydrogens (primary N) is 1. The fourth-order valence-corrected chi connectivity index (χ4v) is 5.07. The van der Waals surface area contributed by atoms with Gasteiger partial charge in [0.25, 0.3) is 5.91 Å². The molecule has 2 aromatic heterocycles. The predicted molar refractivity (Wildman–Crippen MR) is 130 cm³/mol. The van der Waals surface area contributed by atoms with Crippen molar-refractivity contribution >= 4 is 39.9 Å². The fourth-order valence-electron chi connectivity index (χ4n) is 4.90. The number of H-pyrrole nitrogens is 1. The van der Waals surface area contributed by atoms with Crippen LogP contribution in [0.3, 0.4) is 0 Å². The highest BCUT2D eigenvalue weighted by molar-refractivity contribution is 6.31. The maximum absolute atomic E-state index is 13.9. The molecular weight excluding hydrogens is 443 g/mol. The van der Waals surface area contributed by atoms with Gasteiger partial charge < -0.3 is 25.4 Å². The molecule has 1 amide bonds. The van der Waals surface area contributed by atoms with Gasteiger partial charge in [0, 0.05) is 56.5 Å². The SMILES string of the molecule is CN1CCN(c2cnc3[nH]cc(C4CCN(C(=O)c5cc(F)c(Cl)cc5N)CC4)c3c2)CC1. The van der Waals surface area contributed by atoms with Crippen LogP contribution in [0.15, 0.2) is 30.6 Å². The van der Waals surface area contributed by atoms with E-state index in [1.165, 1.54) is 11.6 Å². The van der Waals surface area contributed by atoms with Crippen molar-refractivity contribution in [3.8, 4) is 0 Å². The second kappa shape index (κ2) is 8.83. The normalized spacial score (nSPS) is 18.3. The van der Waals surface area contributed by atoms with E-state index in [2.05, 4.69) is 39.1 Å². The standard InChI is InChI=1S/C24H28ClFN6O/c1-30-6-8-31(9-7-30)16-10-17-19(14-29-23(17)28-13-16)15-2-4-32(5-3-15)24(33)18-11-21(26)20(25)12-22(18)27/h10-15H,2-9,27H2,1H3,(H,28,29). The molecule has 2 saturated heterocycles. The van der Waals surface area contributed by atoms with E-state index in [1.54, 1.807) is 4.90 Å². The van der Waals surface area contributed by atoms with Crippen molar-refractivity contribution < 1.29 is 9.18 Å². The number of piperazine rings is 1. The lowest BCUT2D eigenvalue weighted by Gasteiger charge is -2.34. The second-order valence-corrected chi connectivity index (χ2v) is 9.45. The van der Waals surface area contributed by atoms with Gasteiger partial charge >= 0.3 is 0 Å². The van der Waals surface area contributed by atoms with Gasteiger partial charge in [0.05, 0.1) is 22.5 Å². The van der Waals surface area contributed by atoms with Gasteiger partial charge in [-0.1, -0.05) is 11.6 Å². The number of carbonyl (C=O) groups is 1. The number of piperidine rings is 1. The van der Waals surface area contributed by atoms with Crippen molar-refractivity contribution in [2.45, 2.75) is 18.8 Å². The van der Waals surface area contributed by atoms with E-state index in [-0.39, 0.29) is 22.2 Å². The van der Waals surface area contributed by atoms with Gasteiger partial charge in [-0.3, -0.25) is 4.79 Å². The number of likely N-dealkylation sites (tertiary alicyclic amines) is 1. The molecule has 9 heteroatoms. The van der Waals surface area contributed by atoms with Crippen LogP contribution < -0.4 is 10.6 Å². The van der Waals surface area contributed by atoms with Crippen LogP contribution >= 0.6 is 11.6 Å². The number of amides is 1. The maximum atomic E-state index is 13.9. The highest BCUT2D eigenvalue weighted by Crippen LogP contribution is 2.35. The maximum Gasteiger partial charge on any atom is 0.256 e. The lowest BCUT2D eigenvalue weighted by Crippen LogP contribution is -2.44. The third-order valence-corrected chi connectivity index (χ3v) is 7.25. The van der Waals surface area contributed by atoms with E-state index in [4.69, 9.17) is 17.3 Å². The molecule has 5 rings (SSSR count). The van der Waals surface area contributed by atoms with Gasteiger partial charge in [0.15, 0.2) is 0 Å². The number of rotatable bonds is 3. The minimum Gasteiger partial charge on any atom is -0.398 e. The number of nitrogens with one attached hydrogen (secondary N) is 1. The summed E-state index contributed by atoms with van der Waals surface area (Å²) in [6.07, 6.45) is 5.66. The molecule has 0 bridgehead atoms. The predicted octanol–water partition coefficient (Wildman–Crippen LogP) is 3.71. The van der Waals surface area contributed by atoms with Crippen LogP contribution in [0.2, 0.25) is 5.02 Å². The molecule has 2 aliphatic rings. The monoisotopic (exact) mass is 470 g/mol. The number of anilines is 2. The van der Waals surface area contributed by atoms with E-state index < -0.39 is 5.82 Å². The van der Waals surface area contributed by atoms with E-state index in [0.717, 1.165) is 61.8 Å². The van der Waals surface area contributed by atoms with E-state index >= 15 is 0 Å². The van der Waals surface area contributed by atoms with Gasteiger partial charge in [0.2, 0.25) is 0 Å². The number of hydrogen-bond acceptors (Lipinski definition) is 5. The molecule has 4 heterocycles. The van der Waals surface area contributed by atoms with Crippen LogP contribution in [0.5, 0.6) is 0 Å². The zero-order chi connectivity index (χ0) is 23.1. The summed E-state index contributed by atoms with van der Waals surface area (Å²) in [5, 5.41) is 1.08. The molecule has 1 aromatic carbocycles. The number of halogens is 2. The lowest BCUT2D eigenvalue weighted by atomic mass is 9.89. The highest BCUT2D eigenvalue weighted by Gasteiger charge is 2.28. The quantitative estimate of drug-likeness (QED) is 0.570. The number of fused-ring (bicyclic) bond motifs is 1.